The van der Waals surface area contributed by atoms with Crippen molar-refractivity contribution in [1.82, 2.24) is 14.8 Å². The van der Waals surface area contributed by atoms with E-state index in [4.69, 9.17) is 0 Å². The molecule has 1 fully saturated rings. The van der Waals surface area contributed by atoms with Gasteiger partial charge < -0.3 is 10.2 Å². The summed E-state index contributed by atoms with van der Waals surface area (Å²) in [5.41, 5.74) is 2.96. The lowest BCUT2D eigenvalue weighted by molar-refractivity contribution is -0.130. The van der Waals surface area contributed by atoms with E-state index in [1.54, 1.807) is 30.7 Å². The number of piperazine rings is 1. The van der Waals surface area contributed by atoms with E-state index < -0.39 is 0 Å². The fourth-order valence-electron chi connectivity index (χ4n) is 3.25. The largest absolute Gasteiger partial charge is 0.340 e. The smallest absolute Gasteiger partial charge is 0.221 e. The monoisotopic (exact) mass is 358 g/mol. The molecule has 0 spiro atoms. The maximum absolute atomic E-state index is 11.6. The van der Waals surface area contributed by atoms with Gasteiger partial charge in [-0.05, 0) is 28.5 Å². The minimum atomic E-state index is -0.111. The third-order valence-corrected chi connectivity index (χ3v) is 5.15. The number of amides is 2. The van der Waals surface area contributed by atoms with E-state index in [1.807, 2.05) is 11.0 Å². The van der Waals surface area contributed by atoms with Crippen molar-refractivity contribution in [2.45, 2.75) is 19.9 Å². The number of nitrogens with zero attached hydrogens (tertiary/aromatic N) is 3. The van der Waals surface area contributed by atoms with Crippen LogP contribution in [0.2, 0.25) is 0 Å². The van der Waals surface area contributed by atoms with E-state index in [-0.39, 0.29) is 17.9 Å². The lowest BCUT2D eigenvalue weighted by Crippen LogP contribution is -2.49. The van der Waals surface area contributed by atoms with Gasteiger partial charge in [-0.15, -0.1) is 0 Å². The molecule has 1 N–H and O–H groups in total. The van der Waals surface area contributed by atoms with Gasteiger partial charge >= 0.3 is 0 Å². The molecule has 1 unspecified atom stereocenters. The van der Waals surface area contributed by atoms with Crippen LogP contribution < -0.4 is 5.32 Å². The summed E-state index contributed by atoms with van der Waals surface area (Å²) in [6, 6.07) is 4.11. The zero-order valence-electron chi connectivity index (χ0n) is 14.4. The summed E-state index contributed by atoms with van der Waals surface area (Å²) in [5.74, 6) is 0.00861. The molecule has 1 aliphatic rings. The molecule has 3 rings (SSSR count). The van der Waals surface area contributed by atoms with Crippen LogP contribution in [0.15, 0.2) is 35.3 Å². The van der Waals surface area contributed by atoms with Crippen LogP contribution in [-0.2, 0) is 9.59 Å². The molecular weight excluding hydrogens is 336 g/mol. The number of nitrogens with one attached hydrogen (secondary N) is 1. The molecule has 2 aromatic rings. The number of pyridine rings is 1. The van der Waals surface area contributed by atoms with Gasteiger partial charge in [0.05, 0.1) is 17.9 Å². The first-order chi connectivity index (χ1) is 12.1. The van der Waals surface area contributed by atoms with Crippen LogP contribution in [0.1, 0.15) is 31.0 Å². The summed E-state index contributed by atoms with van der Waals surface area (Å²) in [7, 11) is 0. The Morgan fingerprint density at radius 1 is 1.20 bits per heavy atom. The predicted molar refractivity (Wildman–Crippen MR) is 98.5 cm³/mol. The van der Waals surface area contributed by atoms with E-state index >= 15 is 0 Å². The topological polar surface area (TPSA) is 65.5 Å². The molecule has 3 heterocycles. The Morgan fingerprint density at radius 2 is 1.96 bits per heavy atom. The van der Waals surface area contributed by atoms with Crippen molar-refractivity contribution in [1.29, 1.82) is 0 Å². The van der Waals surface area contributed by atoms with E-state index in [0.717, 1.165) is 37.4 Å². The molecule has 2 aromatic heterocycles. The number of hydrogen-bond acceptors (Lipinski definition) is 5. The van der Waals surface area contributed by atoms with Gasteiger partial charge in [-0.3, -0.25) is 19.5 Å². The Balaban J connectivity index is 1.92. The van der Waals surface area contributed by atoms with Crippen LogP contribution in [0.3, 0.4) is 0 Å². The number of carbonyl (C=O) groups excluding carboxylic acids is 2. The Kier molecular flexibility index (Phi) is 5.45. The minimum Gasteiger partial charge on any atom is -0.340 e. The Morgan fingerprint density at radius 3 is 2.56 bits per heavy atom. The van der Waals surface area contributed by atoms with Gasteiger partial charge in [-0.1, -0.05) is 0 Å². The SMILES string of the molecule is CC(=O)Nc1cnccc1C(c1ccsc1)N1CCN(C(C)=O)CC1. The van der Waals surface area contributed by atoms with Crippen LogP contribution >= 0.6 is 11.3 Å². The first-order valence-electron chi connectivity index (χ1n) is 8.29. The molecule has 0 saturated carbocycles. The molecule has 25 heavy (non-hydrogen) atoms. The van der Waals surface area contributed by atoms with Crippen molar-refractivity contribution in [3.63, 3.8) is 0 Å². The van der Waals surface area contributed by atoms with Crippen molar-refractivity contribution < 1.29 is 9.59 Å². The maximum Gasteiger partial charge on any atom is 0.221 e. The van der Waals surface area contributed by atoms with Gasteiger partial charge in [-0.2, -0.15) is 11.3 Å². The van der Waals surface area contributed by atoms with Crippen molar-refractivity contribution in [2.24, 2.45) is 0 Å². The summed E-state index contributed by atoms with van der Waals surface area (Å²) < 4.78 is 0. The highest BCUT2D eigenvalue weighted by atomic mass is 32.1. The highest BCUT2D eigenvalue weighted by Crippen LogP contribution is 2.34. The normalized spacial score (nSPS) is 16.5. The number of thiophene rings is 1. The van der Waals surface area contributed by atoms with Gasteiger partial charge in [0.1, 0.15) is 0 Å². The third-order valence-electron chi connectivity index (χ3n) is 4.44. The molecular formula is C18H22N4O2S. The molecule has 2 amide bonds. The van der Waals surface area contributed by atoms with Gasteiger partial charge in [0.2, 0.25) is 11.8 Å². The summed E-state index contributed by atoms with van der Waals surface area (Å²) in [6.07, 6.45) is 3.45. The average molecular weight is 358 g/mol. The number of aromatic nitrogens is 1. The van der Waals surface area contributed by atoms with Gasteiger partial charge in [-0.25, -0.2) is 0 Å². The van der Waals surface area contributed by atoms with Crippen molar-refractivity contribution >= 4 is 28.8 Å². The summed E-state index contributed by atoms with van der Waals surface area (Å²) in [4.78, 5) is 31.6. The zero-order valence-corrected chi connectivity index (χ0v) is 15.3. The quantitative estimate of drug-likeness (QED) is 0.911. The first-order valence-corrected chi connectivity index (χ1v) is 9.23. The fourth-order valence-corrected chi connectivity index (χ4v) is 3.93. The molecule has 132 valence electrons. The summed E-state index contributed by atoms with van der Waals surface area (Å²) in [5, 5.41) is 7.09. The fraction of sp³-hybridized carbons (Fsp3) is 0.389. The molecule has 1 atom stereocenters. The van der Waals surface area contributed by atoms with E-state index in [2.05, 4.69) is 32.0 Å². The highest BCUT2D eigenvalue weighted by Gasteiger charge is 2.29. The Hall–Kier alpha value is -2.25. The van der Waals surface area contributed by atoms with E-state index in [0.29, 0.717) is 0 Å². The van der Waals surface area contributed by atoms with Crippen LogP contribution in [0.25, 0.3) is 0 Å². The van der Waals surface area contributed by atoms with Crippen LogP contribution in [0.4, 0.5) is 5.69 Å². The lowest BCUT2D eigenvalue weighted by atomic mass is 9.98. The van der Waals surface area contributed by atoms with E-state index in [1.165, 1.54) is 12.5 Å². The highest BCUT2D eigenvalue weighted by molar-refractivity contribution is 7.08. The molecule has 0 radical (unpaired) electrons. The van der Waals surface area contributed by atoms with Gasteiger partial charge in [0, 0.05) is 51.8 Å². The first kappa shape index (κ1) is 17.6. The van der Waals surface area contributed by atoms with Crippen LogP contribution in [0, 0.1) is 0 Å². The van der Waals surface area contributed by atoms with Crippen LogP contribution in [0.5, 0.6) is 0 Å². The molecule has 1 aliphatic heterocycles. The molecule has 1 saturated heterocycles. The number of anilines is 1. The zero-order chi connectivity index (χ0) is 17.8. The van der Waals surface area contributed by atoms with Gasteiger partial charge in [0.25, 0.3) is 0 Å². The predicted octanol–water partition coefficient (Wildman–Crippen LogP) is 2.36. The summed E-state index contributed by atoms with van der Waals surface area (Å²) in [6.45, 7) is 6.14. The standard InChI is InChI=1S/C18H22N4O2S/c1-13(23)20-17-11-19-5-3-16(17)18(15-4-10-25-12-15)22-8-6-21(7-9-22)14(2)24/h3-5,10-12,18H,6-9H2,1-2H3,(H,20,23). The third kappa shape index (κ3) is 4.05. The number of carbonyl (C=O) groups is 2. The second-order valence-electron chi connectivity index (χ2n) is 6.15. The van der Waals surface area contributed by atoms with Crippen LogP contribution in [-0.4, -0.2) is 52.8 Å². The van der Waals surface area contributed by atoms with Crippen molar-refractivity contribution in [2.75, 3.05) is 31.5 Å². The van der Waals surface area contributed by atoms with Gasteiger partial charge in [0.15, 0.2) is 0 Å². The molecule has 0 bridgehead atoms. The lowest BCUT2D eigenvalue weighted by Gasteiger charge is -2.39. The average Bonchev–Trinajstić information content (AvgIpc) is 3.11. The molecule has 6 nitrogen and oxygen atoms in total. The van der Waals surface area contributed by atoms with Crippen molar-refractivity contribution in [3.05, 3.63) is 46.4 Å². The second-order valence-corrected chi connectivity index (χ2v) is 6.93. The summed E-state index contributed by atoms with van der Waals surface area (Å²) >= 11 is 1.66. The van der Waals surface area contributed by atoms with E-state index in [9.17, 15) is 9.59 Å². The Labute approximate surface area is 151 Å². The molecule has 7 heteroatoms. The number of rotatable bonds is 4. The molecule has 0 aliphatic carbocycles. The Bertz CT molecular complexity index is 739. The second kappa shape index (κ2) is 7.76. The minimum absolute atomic E-state index is 0.0326. The van der Waals surface area contributed by atoms with Crippen molar-refractivity contribution in [3.8, 4) is 0 Å². The number of hydrogen-bond donors (Lipinski definition) is 1. The molecule has 0 aromatic carbocycles. The maximum atomic E-state index is 11.6.